The third-order valence-corrected chi connectivity index (χ3v) is 6.61. The lowest BCUT2D eigenvalue weighted by Crippen LogP contribution is -2.15. The number of benzene rings is 1. The summed E-state index contributed by atoms with van der Waals surface area (Å²) in [6, 6.07) is 7.37. The van der Waals surface area contributed by atoms with Crippen LogP contribution < -0.4 is 10.5 Å². The maximum Gasteiger partial charge on any atom is 0.305 e. The fraction of sp³-hybridized carbons (Fsp3) is 0.800. The lowest BCUT2D eigenvalue weighted by atomic mass is 10.1. The van der Waals surface area contributed by atoms with Gasteiger partial charge in [0.1, 0.15) is 19.0 Å². The van der Waals surface area contributed by atoms with Crippen molar-refractivity contribution in [3.63, 3.8) is 0 Å². The molecular weight excluding hydrogens is 626 g/mol. The molecule has 280 valence electrons. The number of ether oxygens (including phenoxy) is 11. The van der Waals surface area contributed by atoms with Crippen LogP contribution in [0, 0.1) is 0 Å². The van der Waals surface area contributed by atoms with Crippen LogP contribution in [0.25, 0.3) is 0 Å². The van der Waals surface area contributed by atoms with Crippen LogP contribution >= 0.6 is 0 Å². The van der Waals surface area contributed by atoms with E-state index in [1.165, 1.54) is 25.7 Å². The Bertz CT molecular complexity index is 820. The number of esters is 1. The monoisotopic (exact) mass is 689 g/mol. The molecule has 0 aliphatic carbocycles. The minimum Gasteiger partial charge on any atom is -0.489 e. The number of nitrogen functional groups attached to an aromatic ring is 1. The predicted octanol–water partition coefficient (Wildman–Crippen LogP) is 4.09. The summed E-state index contributed by atoms with van der Waals surface area (Å²) in [5, 5.41) is 0. The fourth-order valence-electron chi connectivity index (χ4n) is 4.02. The van der Waals surface area contributed by atoms with E-state index >= 15 is 0 Å². The highest BCUT2D eigenvalue weighted by Gasteiger charge is 2.03. The first-order valence-electron chi connectivity index (χ1n) is 17.6. The molecule has 0 aliphatic rings. The summed E-state index contributed by atoms with van der Waals surface area (Å²) in [5.41, 5.74) is 6.44. The Morgan fingerprint density at radius 2 is 0.833 bits per heavy atom. The number of nitrogens with two attached hydrogens (primary N) is 1. The van der Waals surface area contributed by atoms with Gasteiger partial charge in [0, 0.05) is 6.42 Å². The maximum absolute atomic E-state index is 11.7. The third kappa shape index (κ3) is 31.2. The smallest absolute Gasteiger partial charge is 0.305 e. The zero-order chi connectivity index (χ0) is 34.4. The maximum atomic E-state index is 11.7. The summed E-state index contributed by atoms with van der Waals surface area (Å²) >= 11 is 0. The van der Waals surface area contributed by atoms with Gasteiger partial charge in [-0.2, -0.15) is 0 Å². The quantitative estimate of drug-likeness (QED) is 0.0605. The second kappa shape index (κ2) is 36.2. The van der Waals surface area contributed by atoms with Crippen LogP contribution in [0.1, 0.15) is 51.9 Å². The molecule has 0 fully saturated rings. The molecule has 0 aliphatic heterocycles. The van der Waals surface area contributed by atoms with Gasteiger partial charge in [-0.15, -0.1) is 0 Å². The van der Waals surface area contributed by atoms with Crippen molar-refractivity contribution in [3.8, 4) is 5.75 Å². The Hall–Kier alpha value is -2.07. The molecule has 0 atom stereocenters. The SMILES string of the molecule is CCCCCCCCC(=O)OCCOCCOCCOCCOCCOCCOCCOCCOCCOCCOc1ccccc1N. The molecule has 1 aromatic rings. The van der Waals surface area contributed by atoms with E-state index in [9.17, 15) is 4.79 Å². The molecule has 0 bridgehead atoms. The van der Waals surface area contributed by atoms with Gasteiger partial charge in [-0.3, -0.25) is 4.79 Å². The molecule has 48 heavy (non-hydrogen) atoms. The van der Waals surface area contributed by atoms with E-state index in [4.69, 9.17) is 57.8 Å². The zero-order valence-electron chi connectivity index (χ0n) is 29.4. The number of hydrogen-bond acceptors (Lipinski definition) is 13. The Balaban J connectivity index is 1.65. The second-order valence-electron chi connectivity index (χ2n) is 10.6. The molecule has 13 nitrogen and oxygen atoms in total. The molecule has 0 spiro atoms. The van der Waals surface area contributed by atoms with E-state index in [0.29, 0.717) is 143 Å². The van der Waals surface area contributed by atoms with Gasteiger partial charge in [-0.1, -0.05) is 51.2 Å². The molecule has 0 saturated carbocycles. The van der Waals surface area contributed by atoms with E-state index < -0.39 is 0 Å². The average molecular weight is 690 g/mol. The summed E-state index contributed by atoms with van der Waals surface area (Å²) in [6.07, 6.45) is 7.42. The summed E-state index contributed by atoms with van der Waals surface area (Å²) in [5.74, 6) is 0.522. The largest absolute Gasteiger partial charge is 0.489 e. The van der Waals surface area contributed by atoms with Crippen LogP contribution in [0.2, 0.25) is 0 Å². The molecule has 1 aromatic carbocycles. The summed E-state index contributed by atoms with van der Waals surface area (Å²) in [7, 11) is 0. The minimum atomic E-state index is -0.144. The second-order valence-corrected chi connectivity index (χ2v) is 10.6. The molecule has 1 rings (SSSR count). The molecule has 0 radical (unpaired) electrons. The number of carbonyl (C=O) groups is 1. The van der Waals surface area contributed by atoms with E-state index in [1.54, 1.807) is 6.07 Å². The standard InChI is InChI=1S/C35H63NO12/c1-2-3-4-5-6-7-12-35(37)48-32-30-46-28-26-44-24-22-42-20-18-40-16-14-38-13-15-39-17-19-41-21-23-43-25-27-45-29-31-47-34-11-9-8-10-33(34)36/h8-11H,2-7,12-32,36H2,1H3. The number of rotatable bonds is 38. The lowest BCUT2D eigenvalue weighted by molar-refractivity contribution is -0.145. The van der Waals surface area contributed by atoms with Crippen LogP contribution in [0.4, 0.5) is 5.69 Å². The van der Waals surface area contributed by atoms with Gasteiger partial charge in [0.15, 0.2) is 0 Å². The highest BCUT2D eigenvalue weighted by Crippen LogP contribution is 2.19. The summed E-state index contributed by atoms with van der Waals surface area (Å²) in [6.45, 7) is 11.6. The fourth-order valence-corrected chi connectivity index (χ4v) is 4.02. The van der Waals surface area contributed by atoms with Crippen molar-refractivity contribution in [1.29, 1.82) is 0 Å². The first kappa shape index (κ1) is 44.0. The molecular formula is C35H63NO12. The number of carbonyl (C=O) groups excluding carboxylic acids is 1. The van der Waals surface area contributed by atoms with Gasteiger partial charge in [0.05, 0.1) is 125 Å². The van der Waals surface area contributed by atoms with Gasteiger partial charge in [-0.25, -0.2) is 0 Å². The Morgan fingerprint density at radius 3 is 1.25 bits per heavy atom. The van der Waals surface area contributed by atoms with Crippen LogP contribution in [0.15, 0.2) is 24.3 Å². The highest BCUT2D eigenvalue weighted by atomic mass is 16.6. The van der Waals surface area contributed by atoms with Crippen molar-refractivity contribution >= 4 is 11.7 Å². The number of hydrogen-bond donors (Lipinski definition) is 1. The van der Waals surface area contributed by atoms with Gasteiger partial charge in [-0.05, 0) is 18.6 Å². The molecule has 0 amide bonds. The molecule has 0 unspecified atom stereocenters. The van der Waals surface area contributed by atoms with Crippen molar-refractivity contribution in [3.05, 3.63) is 24.3 Å². The van der Waals surface area contributed by atoms with E-state index in [2.05, 4.69) is 6.92 Å². The van der Waals surface area contributed by atoms with E-state index in [0.717, 1.165) is 12.8 Å². The van der Waals surface area contributed by atoms with Crippen molar-refractivity contribution in [2.24, 2.45) is 0 Å². The summed E-state index contributed by atoms with van der Waals surface area (Å²) < 4.78 is 60.0. The Labute approximate surface area is 288 Å². The van der Waals surface area contributed by atoms with Gasteiger partial charge >= 0.3 is 5.97 Å². The Kier molecular flexibility index (Phi) is 33.2. The van der Waals surface area contributed by atoms with E-state index in [-0.39, 0.29) is 12.6 Å². The zero-order valence-corrected chi connectivity index (χ0v) is 29.4. The highest BCUT2D eigenvalue weighted by molar-refractivity contribution is 5.69. The Morgan fingerprint density at radius 1 is 0.479 bits per heavy atom. The molecule has 2 N–H and O–H groups in total. The average Bonchev–Trinajstić information content (AvgIpc) is 3.09. The number of unbranched alkanes of at least 4 members (excludes halogenated alkanes) is 5. The first-order chi connectivity index (χ1) is 23.7. The predicted molar refractivity (Wildman–Crippen MR) is 183 cm³/mol. The first-order valence-corrected chi connectivity index (χ1v) is 17.6. The van der Waals surface area contributed by atoms with Crippen molar-refractivity contribution in [1.82, 2.24) is 0 Å². The van der Waals surface area contributed by atoms with Crippen LogP contribution in [-0.2, 0) is 52.2 Å². The topological polar surface area (TPSA) is 145 Å². The normalized spacial score (nSPS) is 11.3. The molecule has 0 heterocycles. The van der Waals surface area contributed by atoms with Crippen LogP contribution in [0.5, 0.6) is 5.75 Å². The minimum absolute atomic E-state index is 0.144. The van der Waals surface area contributed by atoms with E-state index in [1.807, 2.05) is 18.2 Å². The summed E-state index contributed by atoms with van der Waals surface area (Å²) in [4.78, 5) is 11.7. The van der Waals surface area contributed by atoms with Crippen LogP contribution in [-0.4, -0.2) is 138 Å². The number of para-hydroxylation sites is 2. The lowest BCUT2D eigenvalue weighted by Gasteiger charge is -2.10. The molecule has 0 aromatic heterocycles. The van der Waals surface area contributed by atoms with Gasteiger partial charge in [0.2, 0.25) is 0 Å². The van der Waals surface area contributed by atoms with Crippen molar-refractivity contribution in [2.45, 2.75) is 51.9 Å². The van der Waals surface area contributed by atoms with Crippen molar-refractivity contribution < 1.29 is 56.9 Å². The van der Waals surface area contributed by atoms with Crippen LogP contribution in [0.3, 0.4) is 0 Å². The molecule has 0 saturated heterocycles. The third-order valence-electron chi connectivity index (χ3n) is 6.61. The van der Waals surface area contributed by atoms with Crippen molar-refractivity contribution in [2.75, 3.05) is 138 Å². The molecule has 13 heteroatoms. The van der Waals surface area contributed by atoms with Gasteiger partial charge < -0.3 is 57.8 Å². The number of anilines is 1. The van der Waals surface area contributed by atoms with Gasteiger partial charge in [0.25, 0.3) is 0 Å².